The monoisotopic (exact) mass is 460 g/mol. The van der Waals surface area contributed by atoms with Crippen molar-refractivity contribution in [3.05, 3.63) is 63.1 Å². The molecular formula is C19H19Cl3N2O3S. The molecule has 9 heteroatoms. The zero-order chi connectivity index (χ0) is 20.3. The van der Waals surface area contributed by atoms with E-state index < -0.39 is 15.9 Å². The maximum absolute atomic E-state index is 12.8. The Balaban J connectivity index is 1.65. The van der Waals surface area contributed by atoms with Gasteiger partial charge >= 0.3 is 0 Å². The van der Waals surface area contributed by atoms with E-state index in [9.17, 15) is 13.2 Å². The number of rotatable bonds is 5. The van der Waals surface area contributed by atoms with Crippen LogP contribution in [-0.2, 0) is 21.4 Å². The molecule has 2 aromatic carbocycles. The molecule has 1 aliphatic rings. The van der Waals surface area contributed by atoms with Crippen LogP contribution in [0.5, 0.6) is 0 Å². The van der Waals surface area contributed by atoms with Crippen LogP contribution in [0.2, 0.25) is 15.1 Å². The highest BCUT2D eigenvalue weighted by atomic mass is 35.5. The number of sulfonamides is 1. The molecule has 3 rings (SSSR count). The highest BCUT2D eigenvalue weighted by Gasteiger charge is 2.33. The lowest BCUT2D eigenvalue weighted by atomic mass is 9.99. The van der Waals surface area contributed by atoms with Gasteiger partial charge in [0, 0.05) is 34.7 Å². The van der Waals surface area contributed by atoms with Gasteiger partial charge in [-0.15, -0.1) is 0 Å². The van der Waals surface area contributed by atoms with Gasteiger partial charge in [-0.1, -0.05) is 40.9 Å². The second-order valence-corrected chi connectivity index (χ2v) is 9.83. The number of hydrogen-bond donors (Lipinski definition) is 1. The Labute approximate surface area is 179 Å². The lowest BCUT2D eigenvalue weighted by molar-refractivity contribution is -0.126. The Bertz CT molecular complexity index is 965. The Kier molecular flexibility index (Phi) is 6.89. The molecule has 1 aliphatic heterocycles. The second-order valence-electron chi connectivity index (χ2n) is 6.61. The van der Waals surface area contributed by atoms with Crippen LogP contribution in [0.1, 0.15) is 18.4 Å². The predicted molar refractivity (Wildman–Crippen MR) is 111 cm³/mol. The fourth-order valence-corrected chi connectivity index (χ4v) is 5.25. The molecule has 0 aromatic heterocycles. The molecule has 1 amide bonds. The maximum atomic E-state index is 12.8. The number of hydrogen-bond acceptors (Lipinski definition) is 3. The molecule has 1 N–H and O–H groups in total. The molecule has 1 fully saturated rings. The topological polar surface area (TPSA) is 66.5 Å². The minimum atomic E-state index is -3.66. The van der Waals surface area contributed by atoms with E-state index in [0.717, 1.165) is 5.56 Å². The fraction of sp³-hybridized carbons (Fsp3) is 0.316. The first-order valence-electron chi connectivity index (χ1n) is 8.75. The lowest BCUT2D eigenvalue weighted by Gasteiger charge is -2.31. The van der Waals surface area contributed by atoms with Gasteiger partial charge in [-0.3, -0.25) is 4.79 Å². The minimum Gasteiger partial charge on any atom is -0.352 e. The van der Waals surface area contributed by atoms with Crippen LogP contribution in [-0.4, -0.2) is 31.7 Å². The van der Waals surface area contributed by atoms with E-state index in [1.54, 1.807) is 30.3 Å². The van der Waals surface area contributed by atoms with Gasteiger partial charge in [-0.25, -0.2) is 8.42 Å². The van der Waals surface area contributed by atoms with E-state index in [2.05, 4.69) is 5.32 Å². The van der Waals surface area contributed by atoms with Crippen molar-refractivity contribution in [3.8, 4) is 0 Å². The Morgan fingerprint density at radius 3 is 2.43 bits per heavy atom. The van der Waals surface area contributed by atoms with Crippen molar-refractivity contribution in [1.82, 2.24) is 9.62 Å². The zero-order valence-electron chi connectivity index (χ0n) is 14.9. The quantitative estimate of drug-likeness (QED) is 0.719. The molecule has 1 saturated heterocycles. The summed E-state index contributed by atoms with van der Waals surface area (Å²) in [5.41, 5.74) is 0.751. The molecule has 0 aliphatic carbocycles. The minimum absolute atomic E-state index is 0.144. The first-order valence-corrected chi connectivity index (χ1v) is 11.3. The number of halogens is 3. The van der Waals surface area contributed by atoms with Crippen molar-refractivity contribution < 1.29 is 13.2 Å². The van der Waals surface area contributed by atoms with Crippen LogP contribution in [0, 0.1) is 5.92 Å². The average molecular weight is 462 g/mol. The standard InChI is InChI=1S/C19H19Cl3N2O3S/c20-15-5-7-17(8-6-15)28(26,27)24-9-1-2-14(12-24)19(25)23-11-13-3-4-16(21)10-18(13)22/h3-8,10,14H,1-2,9,11-12H2,(H,23,25)/t14-/m1/s1. The summed E-state index contributed by atoms with van der Waals surface area (Å²) in [6.07, 6.45) is 1.25. The van der Waals surface area contributed by atoms with Gasteiger partial charge in [0.15, 0.2) is 0 Å². The number of nitrogens with zero attached hydrogens (tertiary/aromatic N) is 1. The van der Waals surface area contributed by atoms with Crippen LogP contribution in [0.15, 0.2) is 47.4 Å². The number of benzene rings is 2. The highest BCUT2D eigenvalue weighted by Crippen LogP contribution is 2.25. The summed E-state index contributed by atoms with van der Waals surface area (Å²) in [6.45, 7) is 0.790. The number of piperidine rings is 1. The lowest BCUT2D eigenvalue weighted by Crippen LogP contribution is -2.45. The van der Waals surface area contributed by atoms with Crippen molar-refractivity contribution in [2.75, 3.05) is 13.1 Å². The van der Waals surface area contributed by atoms with E-state index in [0.29, 0.717) is 34.5 Å². The van der Waals surface area contributed by atoms with Crippen LogP contribution in [0.25, 0.3) is 0 Å². The highest BCUT2D eigenvalue weighted by molar-refractivity contribution is 7.89. The Morgan fingerprint density at radius 2 is 1.75 bits per heavy atom. The summed E-state index contributed by atoms with van der Waals surface area (Å²) >= 11 is 17.8. The number of carbonyl (C=O) groups is 1. The third-order valence-corrected chi connectivity index (χ3v) is 7.39. The SMILES string of the molecule is O=C(NCc1ccc(Cl)cc1Cl)[C@@H]1CCCN(S(=O)(=O)c2ccc(Cl)cc2)C1. The summed E-state index contributed by atoms with van der Waals surface area (Å²) in [5.74, 6) is -0.607. The van der Waals surface area contributed by atoms with Crippen molar-refractivity contribution in [1.29, 1.82) is 0 Å². The molecule has 0 unspecified atom stereocenters. The van der Waals surface area contributed by atoms with E-state index in [4.69, 9.17) is 34.8 Å². The van der Waals surface area contributed by atoms with Crippen LogP contribution >= 0.6 is 34.8 Å². The summed E-state index contributed by atoms with van der Waals surface area (Å²) in [6, 6.07) is 11.1. The summed E-state index contributed by atoms with van der Waals surface area (Å²) in [7, 11) is -3.66. The molecule has 28 heavy (non-hydrogen) atoms. The van der Waals surface area contributed by atoms with Crippen molar-refractivity contribution in [3.63, 3.8) is 0 Å². The first kappa shape index (κ1) is 21.4. The number of nitrogens with one attached hydrogen (secondary N) is 1. The molecule has 0 saturated carbocycles. The van der Waals surface area contributed by atoms with E-state index in [1.165, 1.54) is 16.4 Å². The first-order chi connectivity index (χ1) is 13.3. The van der Waals surface area contributed by atoms with Gasteiger partial charge in [0.05, 0.1) is 10.8 Å². The number of amides is 1. The van der Waals surface area contributed by atoms with E-state index >= 15 is 0 Å². The van der Waals surface area contributed by atoms with Crippen molar-refractivity contribution in [2.24, 2.45) is 5.92 Å². The molecule has 1 atom stereocenters. The molecule has 5 nitrogen and oxygen atoms in total. The molecule has 0 spiro atoms. The van der Waals surface area contributed by atoms with Gasteiger partial charge < -0.3 is 5.32 Å². The summed E-state index contributed by atoms with van der Waals surface area (Å²) in [4.78, 5) is 12.8. The van der Waals surface area contributed by atoms with Crippen molar-refractivity contribution >= 4 is 50.7 Å². The van der Waals surface area contributed by atoms with Gasteiger partial charge in [-0.2, -0.15) is 4.31 Å². The second kappa shape index (κ2) is 9.01. The smallest absolute Gasteiger partial charge is 0.243 e. The van der Waals surface area contributed by atoms with Crippen molar-refractivity contribution in [2.45, 2.75) is 24.3 Å². The van der Waals surface area contributed by atoms with E-state index in [1.807, 2.05) is 0 Å². The van der Waals surface area contributed by atoms with Crippen LogP contribution in [0.4, 0.5) is 0 Å². The molecule has 1 heterocycles. The van der Waals surface area contributed by atoms with Gasteiger partial charge in [0.25, 0.3) is 0 Å². The summed E-state index contributed by atoms with van der Waals surface area (Å²) < 4.78 is 27.0. The predicted octanol–water partition coefficient (Wildman–Crippen LogP) is 4.36. The maximum Gasteiger partial charge on any atom is 0.243 e. The van der Waals surface area contributed by atoms with Crippen LogP contribution < -0.4 is 5.32 Å². The fourth-order valence-electron chi connectivity index (χ4n) is 3.12. The third-order valence-electron chi connectivity index (χ3n) is 4.67. The molecule has 0 bridgehead atoms. The molecule has 2 aromatic rings. The van der Waals surface area contributed by atoms with Crippen LogP contribution in [0.3, 0.4) is 0 Å². The van der Waals surface area contributed by atoms with Gasteiger partial charge in [0.2, 0.25) is 15.9 Å². The Hall–Kier alpha value is -1.31. The Morgan fingerprint density at radius 1 is 1.07 bits per heavy atom. The summed E-state index contributed by atoms with van der Waals surface area (Å²) in [5, 5.41) is 4.31. The molecule has 150 valence electrons. The molecular weight excluding hydrogens is 443 g/mol. The largest absolute Gasteiger partial charge is 0.352 e. The van der Waals surface area contributed by atoms with Gasteiger partial charge in [0.1, 0.15) is 0 Å². The van der Waals surface area contributed by atoms with Gasteiger partial charge in [-0.05, 0) is 54.8 Å². The third kappa shape index (κ3) is 4.99. The zero-order valence-corrected chi connectivity index (χ0v) is 18.0. The normalized spacial score (nSPS) is 18.0. The average Bonchev–Trinajstić information content (AvgIpc) is 2.67. The van der Waals surface area contributed by atoms with E-state index in [-0.39, 0.29) is 23.9 Å². The number of carbonyl (C=O) groups excluding carboxylic acids is 1. The molecule has 0 radical (unpaired) electrons.